The maximum Gasteiger partial charge on any atom is 0.417 e. The van der Waals surface area contributed by atoms with E-state index in [4.69, 9.17) is 27.7 Å². The van der Waals surface area contributed by atoms with Crippen LogP contribution in [0.3, 0.4) is 0 Å². The number of aromatic nitrogens is 2. The fourth-order valence-electron chi connectivity index (χ4n) is 3.23. The minimum atomic E-state index is -4.64. The summed E-state index contributed by atoms with van der Waals surface area (Å²) in [6, 6.07) is 12.8. The fraction of sp³-hybridized carbons (Fsp3) is 0.0909. The highest BCUT2D eigenvalue weighted by molar-refractivity contribution is 6.42. The van der Waals surface area contributed by atoms with Crippen molar-refractivity contribution < 1.29 is 22.8 Å². The number of alkyl halides is 3. The molecular weight excluding hydrogens is 452 g/mol. The quantitative estimate of drug-likeness (QED) is 0.360. The summed E-state index contributed by atoms with van der Waals surface area (Å²) in [4.78, 5) is 3.97. The first kappa shape index (κ1) is 21.4. The molecule has 31 heavy (non-hydrogen) atoms. The van der Waals surface area contributed by atoms with E-state index in [9.17, 15) is 18.3 Å². The van der Waals surface area contributed by atoms with Crippen LogP contribution in [-0.2, 0) is 6.18 Å². The lowest BCUT2D eigenvalue weighted by Crippen LogP contribution is -2.08. The van der Waals surface area contributed by atoms with Gasteiger partial charge in [-0.25, -0.2) is 0 Å². The number of hydrogen-bond acceptors (Lipinski definition) is 4. The molecule has 0 bridgehead atoms. The molecule has 9 heteroatoms. The Morgan fingerprint density at radius 3 is 2.42 bits per heavy atom. The van der Waals surface area contributed by atoms with Gasteiger partial charge in [0.05, 0.1) is 21.2 Å². The van der Waals surface area contributed by atoms with Crippen molar-refractivity contribution in [1.82, 2.24) is 10.1 Å². The van der Waals surface area contributed by atoms with E-state index in [1.807, 2.05) is 0 Å². The predicted molar refractivity (Wildman–Crippen MR) is 111 cm³/mol. The molecule has 4 nitrogen and oxygen atoms in total. The van der Waals surface area contributed by atoms with Crippen LogP contribution in [0.5, 0.6) is 0 Å². The second-order valence-corrected chi connectivity index (χ2v) is 7.45. The molecule has 0 radical (unpaired) electrons. The van der Waals surface area contributed by atoms with Gasteiger partial charge in [0.1, 0.15) is 11.8 Å². The van der Waals surface area contributed by atoms with E-state index in [1.54, 1.807) is 18.2 Å². The summed E-state index contributed by atoms with van der Waals surface area (Å²) in [5.74, 6) is -0.203. The van der Waals surface area contributed by atoms with Gasteiger partial charge in [0.15, 0.2) is 5.76 Å². The van der Waals surface area contributed by atoms with E-state index in [0.717, 1.165) is 6.07 Å². The zero-order valence-corrected chi connectivity index (χ0v) is 17.1. The highest BCUT2D eigenvalue weighted by Gasteiger charge is 2.36. The number of pyridine rings is 1. The van der Waals surface area contributed by atoms with Crippen molar-refractivity contribution in [2.75, 3.05) is 0 Å². The van der Waals surface area contributed by atoms with E-state index in [2.05, 4.69) is 10.1 Å². The van der Waals surface area contributed by atoms with Crippen molar-refractivity contribution in [3.05, 3.63) is 93.7 Å². The van der Waals surface area contributed by atoms with Gasteiger partial charge in [-0.3, -0.25) is 4.98 Å². The molecular formula is C22H13Cl2F3N2O2. The number of aliphatic hydroxyl groups is 1. The molecule has 0 aliphatic carbocycles. The van der Waals surface area contributed by atoms with Crippen LogP contribution >= 0.6 is 23.2 Å². The molecule has 0 saturated carbocycles. The van der Waals surface area contributed by atoms with Crippen LogP contribution < -0.4 is 0 Å². The molecule has 4 aromatic rings. The number of rotatable bonds is 4. The third kappa shape index (κ3) is 4.17. The Kier molecular flexibility index (Phi) is 5.75. The molecule has 0 aliphatic heterocycles. The molecule has 0 amide bonds. The summed E-state index contributed by atoms with van der Waals surface area (Å²) in [5, 5.41) is 15.6. The Morgan fingerprint density at radius 1 is 0.968 bits per heavy atom. The average molecular weight is 465 g/mol. The lowest BCUT2D eigenvalue weighted by Gasteiger charge is -2.15. The number of benzene rings is 2. The molecule has 1 atom stereocenters. The summed E-state index contributed by atoms with van der Waals surface area (Å²) < 4.78 is 46.3. The van der Waals surface area contributed by atoms with Crippen molar-refractivity contribution in [2.45, 2.75) is 12.3 Å². The molecule has 4 rings (SSSR count). The van der Waals surface area contributed by atoms with Crippen LogP contribution in [0.4, 0.5) is 13.2 Å². The first-order chi connectivity index (χ1) is 14.8. The fourth-order valence-corrected chi connectivity index (χ4v) is 3.53. The molecule has 2 heterocycles. The SMILES string of the molecule is OC(c1cccnc1)c1c(-c2ccc(Cl)c(Cl)c2)noc1-c1ccccc1C(F)(F)F. The average Bonchev–Trinajstić information content (AvgIpc) is 3.20. The number of halogens is 5. The first-order valence-electron chi connectivity index (χ1n) is 8.97. The molecule has 2 aromatic carbocycles. The normalized spacial score (nSPS) is 12.7. The molecule has 0 spiro atoms. The third-order valence-electron chi connectivity index (χ3n) is 4.67. The highest BCUT2D eigenvalue weighted by atomic mass is 35.5. The molecule has 0 fully saturated rings. The minimum absolute atomic E-state index is 0.0584. The topological polar surface area (TPSA) is 59.2 Å². The number of aliphatic hydroxyl groups excluding tert-OH is 1. The Balaban J connectivity index is 1.98. The van der Waals surface area contributed by atoms with Crippen LogP contribution in [0.2, 0.25) is 10.0 Å². The Morgan fingerprint density at radius 2 is 1.74 bits per heavy atom. The maximum atomic E-state index is 13.7. The van der Waals surface area contributed by atoms with Crippen LogP contribution in [0, 0.1) is 0 Å². The van der Waals surface area contributed by atoms with Gasteiger partial charge in [-0.15, -0.1) is 0 Å². The summed E-state index contributed by atoms with van der Waals surface area (Å²) in [7, 11) is 0. The second-order valence-electron chi connectivity index (χ2n) is 6.64. The Hall–Kier alpha value is -2.87. The molecule has 158 valence electrons. The zero-order valence-electron chi connectivity index (χ0n) is 15.6. The van der Waals surface area contributed by atoms with E-state index in [-0.39, 0.29) is 27.6 Å². The summed E-state index contributed by atoms with van der Waals surface area (Å²) >= 11 is 12.1. The predicted octanol–water partition coefficient (Wildman–Crippen LogP) is 6.81. The molecule has 1 unspecified atom stereocenters. The second kappa shape index (κ2) is 8.34. The van der Waals surface area contributed by atoms with Crippen LogP contribution in [-0.4, -0.2) is 15.2 Å². The van der Waals surface area contributed by atoms with Crippen molar-refractivity contribution in [1.29, 1.82) is 0 Å². The standard InChI is InChI=1S/C22H13Cl2F3N2O2/c23-16-8-7-12(10-17(16)24)19-18(20(30)13-4-3-9-28-11-13)21(31-29-19)14-5-1-2-6-15(14)22(25,26)27/h1-11,20,30H. The van der Waals surface area contributed by atoms with E-state index >= 15 is 0 Å². The Labute approximate surface area is 184 Å². The van der Waals surface area contributed by atoms with Gasteiger partial charge in [0.25, 0.3) is 0 Å². The molecule has 2 aromatic heterocycles. The maximum absolute atomic E-state index is 13.7. The van der Waals surface area contributed by atoms with Gasteiger partial charge in [-0.2, -0.15) is 13.2 Å². The van der Waals surface area contributed by atoms with Gasteiger partial charge in [0.2, 0.25) is 0 Å². The zero-order chi connectivity index (χ0) is 22.2. The lowest BCUT2D eigenvalue weighted by atomic mass is 9.93. The van der Waals surface area contributed by atoms with Crippen LogP contribution in [0.15, 0.2) is 71.5 Å². The van der Waals surface area contributed by atoms with E-state index in [0.29, 0.717) is 16.1 Å². The lowest BCUT2D eigenvalue weighted by molar-refractivity contribution is -0.137. The summed E-state index contributed by atoms with van der Waals surface area (Å²) in [5.41, 5.74) is -0.173. The van der Waals surface area contributed by atoms with Gasteiger partial charge in [-0.05, 0) is 24.3 Å². The molecule has 0 saturated heterocycles. The van der Waals surface area contributed by atoms with Crippen LogP contribution in [0.25, 0.3) is 22.6 Å². The minimum Gasteiger partial charge on any atom is -0.383 e. The van der Waals surface area contributed by atoms with Gasteiger partial charge < -0.3 is 9.63 Å². The highest BCUT2D eigenvalue weighted by Crippen LogP contribution is 2.44. The monoisotopic (exact) mass is 464 g/mol. The van der Waals surface area contributed by atoms with Crippen molar-refractivity contribution in [3.8, 4) is 22.6 Å². The van der Waals surface area contributed by atoms with Crippen molar-refractivity contribution >= 4 is 23.2 Å². The van der Waals surface area contributed by atoms with Crippen LogP contribution in [0.1, 0.15) is 22.8 Å². The molecule has 1 N–H and O–H groups in total. The largest absolute Gasteiger partial charge is 0.417 e. The van der Waals surface area contributed by atoms with Gasteiger partial charge >= 0.3 is 6.18 Å². The Bertz CT molecular complexity index is 1230. The third-order valence-corrected chi connectivity index (χ3v) is 5.41. The van der Waals surface area contributed by atoms with Gasteiger partial charge in [-0.1, -0.05) is 58.7 Å². The summed E-state index contributed by atoms with van der Waals surface area (Å²) in [6.45, 7) is 0. The van der Waals surface area contributed by atoms with Gasteiger partial charge in [0, 0.05) is 29.1 Å². The first-order valence-corrected chi connectivity index (χ1v) is 9.72. The number of nitrogens with zero attached hydrogens (tertiary/aromatic N) is 2. The smallest absolute Gasteiger partial charge is 0.383 e. The van der Waals surface area contributed by atoms with Crippen molar-refractivity contribution in [3.63, 3.8) is 0 Å². The summed E-state index contributed by atoms with van der Waals surface area (Å²) in [6.07, 6.45) is -3.07. The van der Waals surface area contributed by atoms with E-state index in [1.165, 1.54) is 42.7 Å². The van der Waals surface area contributed by atoms with Crippen molar-refractivity contribution in [2.24, 2.45) is 0 Å². The van der Waals surface area contributed by atoms with E-state index < -0.39 is 17.8 Å². The number of hydrogen-bond donors (Lipinski definition) is 1. The molecule has 0 aliphatic rings.